The summed E-state index contributed by atoms with van der Waals surface area (Å²) in [5.41, 5.74) is 2.32. The SMILES string of the molecule is CCCCN(CCC)c1ccc2ncc(C3CCCCCCC3)n2n1. The number of unbranched alkanes of at least 4 members (excludes halogenated alkanes) is 1. The van der Waals surface area contributed by atoms with E-state index in [0.717, 1.165) is 31.0 Å². The predicted molar refractivity (Wildman–Crippen MR) is 105 cm³/mol. The Kier molecular flexibility index (Phi) is 6.71. The lowest BCUT2D eigenvalue weighted by Crippen LogP contribution is -2.27. The van der Waals surface area contributed by atoms with E-state index in [4.69, 9.17) is 5.10 Å². The molecule has 0 radical (unpaired) electrons. The van der Waals surface area contributed by atoms with Gasteiger partial charge in [0.25, 0.3) is 0 Å². The molecule has 2 aromatic rings. The number of aromatic nitrogens is 3. The van der Waals surface area contributed by atoms with Crippen LogP contribution in [0.25, 0.3) is 5.65 Å². The van der Waals surface area contributed by atoms with Crippen LogP contribution >= 0.6 is 0 Å². The van der Waals surface area contributed by atoms with Crippen LogP contribution in [0.3, 0.4) is 0 Å². The first kappa shape index (κ1) is 18.2. The van der Waals surface area contributed by atoms with Crippen molar-refractivity contribution in [1.82, 2.24) is 14.6 Å². The largest absolute Gasteiger partial charge is 0.355 e. The maximum absolute atomic E-state index is 5.02. The van der Waals surface area contributed by atoms with Crippen LogP contribution in [0.4, 0.5) is 5.82 Å². The summed E-state index contributed by atoms with van der Waals surface area (Å²) >= 11 is 0. The van der Waals surface area contributed by atoms with E-state index < -0.39 is 0 Å². The summed E-state index contributed by atoms with van der Waals surface area (Å²) < 4.78 is 2.14. The summed E-state index contributed by atoms with van der Waals surface area (Å²) in [6, 6.07) is 4.29. The Morgan fingerprint density at radius 1 is 1.00 bits per heavy atom. The summed E-state index contributed by atoms with van der Waals surface area (Å²) in [5, 5.41) is 5.02. The lowest BCUT2D eigenvalue weighted by molar-refractivity contribution is 0.445. The van der Waals surface area contributed by atoms with Gasteiger partial charge in [-0.15, -0.1) is 5.10 Å². The van der Waals surface area contributed by atoms with E-state index in [9.17, 15) is 0 Å². The molecule has 138 valence electrons. The minimum absolute atomic E-state index is 0.619. The third-order valence-electron chi connectivity index (χ3n) is 5.50. The highest BCUT2D eigenvalue weighted by Gasteiger charge is 2.19. The molecular formula is C21H34N4. The lowest BCUT2D eigenvalue weighted by Gasteiger charge is -2.23. The number of nitrogens with zero attached hydrogens (tertiary/aromatic N) is 4. The molecule has 25 heavy (non-hydrogen) atoms. The molecular weight excluding hydrogens is 308 g/mol. The smallest absolute Gasteiger partial charge is 0.153 e. The minimum Gasteiger partial charge on any atom is -0.355 e. The molecule has 0 aliphatic heterocycles. The topological polar surface area (TPSA) is 33.4 Å². The quantitative estimate of drug-likeness (QED) is 0.659. The maximum atomic E-state index is 5.02. The fraction of sp³-hybridized carbons (Fsp3) is 0.714. The molecule has 0 spiro atoms. The number of hydrogen-bond donors (Lipinski definition) is 0. The minimum atomic E-state index is 0.619. The van der Waals surface area contributed by atoms with Crippen molar-refractivity contribution in [2.75, 3.05) is 18.0 Å². The number of imidazole rings is 1. The summed E-state index contributed by atoms with van der Waals surface area (Å²) in [4.78, 5) is 7.07. The van der Waals surface area contributed by atoms with Crippen molar-refractivity contribution in [1.29, 1.82) is 0 Å². The highest BCUT2D eigenvalue weighted by atomic mass is 15.3. The normalized spacial score (nSPS) is 16.7. The van der Waals surface area contributed by atoms with Crippen LogP contribution in [-0.4, -0.2) is 27.7 Å². The summed E-state index contributed by atoms with van der Waals surface area (Å²) in [7, 11) is 0. The van der Waals surface area contributed by atoms with Gasteiger partial charge in [-0.05, 0) is 37.8 Å². The highest BCUT2D eigenvalue weighted by Crippen LogP contribution is 2.31. The highest BCUT2D eigenvalue weighted by molar-refractivity contribution is 5.47. The second kappa shape index (κ2) is 9.21. The van der Waals surface area contributed by atoms with E-state index in [1.54, 1.807) is 0 Å². The maximum Gasteiger partial charge on any atom is 0.153 e. The molecule has 1 saturated carbocycles. The third-order valence-corrected chi connectivity index (χ3v) is 5.50. The van der Waals surface area contributed by atoms with Gasteiger partial charge in [0.1, 0.15) is 5.82 Å². The van der Waals surface area contributed by atoms with Gasteiger partial charge in [0.2, 0.25) is 0 Å². The molecule has 2 heterocycles. The fourth-order valence-electron chi connectivity index (χ4n) is 4.04. The standard InChI is InChI=1S/C21H34N4/c1-3-5-16-24(15-4-2)21-14-13-20-22-17-19(25(20)23-21)18-11-9-7-6-8-10-12-18/h13-14,17-18H,3-12,15-16H2,1-2H3. The molecule has 4 heteroatoms. The lowest BCUT2D eigenvalue weighted by atomic mass is 9.89. The van der Waals surface area contributed by atoms with Crippen molar-refractivity contribution < 1.29 is 0 Å². The van der Waals surface area contributed by atoms with Gasteiger partial charge in [-0.3, -0.25) is 0 Å². The van der Waals surface area contributed by atoms with Crippen LogP contribution in [0, 0.1) is 0 Å². The summed E-state index contributed by atoms with van der Waals surface area (Å²) in [6.07, 6.45) is 15.1. The first-order chi connectivity index (χ1) is 12.3. The number of rotatable bonds is 7. The van der Waals surface area contributed by atoms with Crippen LogP contribution in [-0.2, 0) is 0 Å². The third kappa shape index (κ3) is 4.53. The van der Waals surface area contributed by atoms with E-state index in [2.05, 4.69) is 46.6 Å². The van der Waals surface area contributed by atoms with Crippen LogP contribution in [0.2, 0.25) is 0 Å². The van der Waals surface area contributed by atoms with Gasteiger partial charge in [-0.25, -0.2) is 9.50 Å². The molecule has 1 aliphatic carbocycles. The Morgan fingerprint density at radius 2 is 1.76 bits per heavy atom. The summed E-state index contributed by atoms with van der Waals surface area (Å²) in [5.74, 6) is 1.72. The van der Waals surface area contributed by atoms with Gasteiger partial charge in [0, 0.05) is 19.0 Å². The Morgan fingerprint density at radius 3 is 2.48 bits per heavy atom. The molecule has 0 bridgehead atoms. The molecule has 0 saturated heterocycles. The molecule has 4 nitrogen and oxygen atoms in total. The molecule has 3 rings (SSSR count). The monoisotopic (exact) mass is 342 g/mol. The van der Waals surface area contributed by atoms with Crippen molar-refractivity contribution in [2.45, 2.75) is 84.0 Å². The Hall–Kier alpha value is -1.58. The first-order valence-corrected chi connectivity index (χ1v) is 10.4. The number of anilines is 1. The number of hydrogen-bond acceptors (Lipinski definition) is 3. The summed E-state index contributed by atoms with van der Waals surface area (Å²) in [6.45, 7) is 6.67. The van der Waals surface area contributed by atoms with Crippen molar-refractivity contribution >= 4 is 11.5 Å². The fourth-order valence-corrected chi connectivity index (χ4v) is 4.04. The van der Waals surface area contributed by atoms with Crippen molar-refractivity contribution in [2.24, 2.45) is 0 Å². The molecule has 1 fully saturated rings. The zero-order chi connectivity index (χ0) is 17.5. The van der Waals surface area contributed by atoms with Crippen LogP contribution < -0.4 is 4.90 Å². The molecule has 2 aromatic heterocycles. The molecule has 0 N–H and O–H groups in total. The second-order valence-electron chi connectivity index (χ2n) is 7.53. The Balaban J connectivity index is 1.87. The van der Waals surface area contributed by atoms with Crippen molar-refractivity contribution in [3.8, 4) is 0 Å². The van der Waals surface area contributed by atoms with E-state index >= 15 is 0 Å². The Bertz CT molecular complexity index is 640. The van der Waals surface area contributed by atoms with Gasteiger partial charge >= 0.3 is 0 Å². The van der Waals surface area contributed by atoms with Gasteiger partial charge < -0.3 is 4.90 Å². The molecule has 0 unspecified atom stereocenters. The van der Waals surface area contributed by atoms with Gasteiger partial charge in [0.05, 0.1) is 11.9 Å². The van der Waals surface area contributed by atoms with Crippen LogP contribution in [0.1, 0.15) is 89.7 Å². The van der Waals surface area contributed by atoms with Crippen molar-refractivity contribution in [3.63, 3.8) is 0 Å². The van der Waals surface area contributed by atoms with E-state index in [-0.39, 0.29) is 0 Å². The Labute approximate surface area is 152 Å². The second-order valence-corrected chi connectivity index (χ2v) is 7.53. The molecule has 0 amide bonds. The number of fused-ring (bicyclic) bond motifs is 1. The average Bonchev–Trinajstić information content (AvgIpc) is 3.01. The predicted octanol–water partition coefficient (Wildman–Crippen LogP) is 5.57. The van der Waals surface area contributed by atoms with E-state index in [1.807, 2.05) is 0 Å². The van der Waals surface area contributed by atoms with Gasteiger partial charge in [-0.2, -0.15) is 0 Å². The molecule has 1 aliphatic rings. The van der Waals surface area contributed by atoms with E-state index in [0.29, 0.717) is 5.92 Å². The molecule has 0 atom stereocenters. The average molecular weight is 343 g/mol. The van der Waals surface area contributed by atoms with Gasteiger partial charge in [-0.1, -0.05) is 52.4 Å². The zero-order valence-electron chi connectivity index (χ0n) is 16.1. The van der Waals surface area contributed by atoms with Gasteiger partial charge in [0.15, 0.2) is 5.65 Å². The van der Waals surface area contributed by atoms with E-state index in [1.165, 1.54) is 63.5 Å². The van der Waals surface area contributed by atoms with Crippen molar-refractivity contribution in [3.05, 3.63) is 24.0 Å². The zero-order valence-corrected chi connectivity index (χ0v) is 16.1. The van der Waals surface area contributed by atoms with Crippen LogP contribution in [0.5, 0.6) is 0 Å². The molecule has 0 aromatic carbocycles. The van der Waals surface area contributed by atoms with Crippen LogP contribution in [0.15, 0.2) is 18.3 Å². The first-order valence-electron chi connectivity index (χ1n) is 10.4.